The molecule has 6 atom stereocenters. The first-order valence-corrected chi connectivity index (χ1v) is 19.0. The Bertz CT molecular complexity index is 1590. The molecule has 1 heterocycles. The molecule has 2 saturated carbocycles. The van der Waals surface area contributed by atoms with E-state index >= 15 is 0 Å². The Balaban J connectivity index is 1.50. The molecule has 3 aliphatic rings. The Morgan fingerprint density at radius 1 is 0.907 bits per heavy atom. The van der Waals surface area contributed by atoms with Crippen molar-refractivity contribution in [2.45, 2.75) is 117 Å². The number of benzene rings is 1. The third kappa shape index (κ3) is 11.0. The molecule has 0 aromatic heterocycles. The lowest BCUT2D eigenvalue weighted by Crippen LogP contribution is -2.60. The van der Waals surface area contributed by atoms with Crippen LogP contribution >= 0.6 is 0 Å². The molecule has 14 nitrogen and oxygen atoms in total. The molecule has 1 aliphatic heterocycles. The second kappa shape index (κ2) is 16.5. The molecule has 1 aromatic rings. The standard InChI is InChI=1S/C40H60N6O8/c1-38(2,3)32(44-37(53)54-39(4,5)6)36(52)46-22-25-19-40(7,8)20-26(25)30(46)33(49)42-27(18-23-16-17-23)31(48)34(50)41-21-28(47)43-29(35(51)45(9)10)24-14-12-11-13-15-24/h11-15,23,25-27,29-30,32H,16-22H2,1-10H3,(H,41,50)(H,42,49)(H,43,47)(H,44,53)/t25-,26-,27?,29-,30-,32+/m0/s1. The maximum atomic E-state index is 14.4. The predicted molar refractivity (Wildman–Crippen MR) is 201 cm³/mol. The van der Waals surface area contributed by atoms with Crippen LogP contribution in [0.4, 0.5) is 4.79 Å². The summed E-state index contributed by atoms with van der Waals surface area (Å²) in [5, 5.41) is 10.6. The highest BCUT2D eigenvalue weighted by molar-refractivity contribution is 6.38. The van der Waals surface area contributed by atoms with Crippen molar-refractivity contribution in [3.8, 4) is 0 Å². The van der Waals surface area contributed by atoms with E-state index in [2.05, 4.69) is 35.1 Å². The molecule has 4 N–H and O–H groups in total. The minimum atomic E-state index is -1.18. The van der Waals surface area contributed by atoms with Crippen molar-refractivity contribution in [1.29, 1.82) is 0 Å². The fourth-order valence-corrected chi connectivity index (χ4v) is 7.70. The first kappa shape index (κ1) is 42.3. The number of ketones is 1. The molecule has 3 fully saturated rings. The molecule has 0 radical (unpaired) electrons. The lowest BCUT2D eigenvalue weighted by atomic mass is 9.84. The minimum Gasteiger partial charge on any atom is -0.444 e. The molecule has 298 valence electrons. The van der Waals surface area contributed by atoms with Crippen molar-refractivity contribution in [3.05, 3.63) is 35.9 Å². The highest BCUT2D eigenvalue weighted by Gasteiger charge is 2.56. The van der Waals surface area contributed by atoms with Crippen molar-refractivity contribution in [1.82, 2.24) is 31.1 Å². The van der Waals surface area contributed by atoms with Gasteiger partial charge in [-0.25, -0.2) is 4.79 Å². The van der Waals surface area contributed by atoms with Crippen LogP contribution in [-0.2, 0) is 33.5 Å². The van der Waals surface area contributed by atoms with Crippen LogP contribution in [0, 0.1) is 28.6 Å². The van der Waals surface area contributed by atoms with Gasteiger partial charge >= 0.3 is 6.09 Å². The summed E-state index contributed by atoms with van der Waals surface area (Å²) in [6, 6.07) is 4.56. The van der Waals surface area contributed by atoms with E-state index in [4.69, 9.17) is 4.74 Å². The number of likely N-dealkylation sites (tertiary alicyclic amines) is 1. The van der Waals surface area contributed by atoms with E-state index in [1.807, 2.05) is 20.8 Å². The van der Waals surface area contributed by atoms with Crippen LogP contribution < -0.4 is 21.3 Å². The fraction of sp³-hybridized carbons (Fsp3) is 0.675. The number of fused-ring (bicyclic) bond motifs is 1. The fourth-order valence-electron chi connectivity index (χ4n) is 7.70. The zero-order chi connectivity index (χ0) is 40.3. The zero-order valence-corrected chi connectivity index (χ0v) is 33.5. The first-order valence-electron chi connectivity index (χ1n) is 19.0. The van der Waals surface area contributed by atoms with Crippen molar-refractivity contribution < 1.29 is 38.3 Å². The van der Waals surface area contributed by atoms with Gasteiger partial charge in [0.2, 0.25) is 29.4 Å². The summed E-state index contributed by atoms with van der Waals surface area (Å²) in [5.74, 6) is -3.96. The van der Waals surface area contributed by atoms with Gasteiger partial charge in [-0.2, -0.15) is 0 Å². The number of carbonyl (C=O) groups excluding carboxylic acids is 7. The number of Topliss-reactive ketones (excluding diaryl/α,β-unsaturated/α-hetero) is 1. The summed E-state index contributed by atoms with van der Waals surface area (Å²) in [4.78, 5) is 97.3. The van der Waals surface area contributed by atoms with Crippen molar-refractivity contribution >= 4 is 41.4 Å². The molecular formula is C40H60N6O8. The molecule has 1 aromatic carbocycles. The first-order chi connectivity index (χ1) is 25.0. The molecule has 6 amide bonds. The van der Waals surface area contributed by atoms with Crippen LogP contribution in [0.25, 0.3) is 0 Å². The van der Waals surface area contributed by atoms with E-state index < -0.39 is 77.2 Å². The van der Waals surface area contributed by atoms with Gasteiger partial charge in [-0.1, -0.05) is 77.8 Å². The van der Waals surface area contributed by atoms with Gasteiger partial charge < -0.3 is 35.8 Å². The van der Waals surface area contributed by atoms with Gasteiger partial charge in [0, 0.05) is 20.6 Å². The monoisotopic (exact) mass is 752 g/mol. The number of alkyl carbamates (subject to hydrolysis) is 1. The molecule has 0 spiro atoms. The summed E-state index contributed by atoms with van der Waals surface area (Å²) in [5.41, 5.74) is -1.03. The van der Waals surface area contributed by atoms with Gasteiger partial charge in [0.1, 0.15) is 23.7 Å². The Kier molecular flexibility index (Phi) is 12.9. The third-order valence-electron chi connectivity index (χ3n) is 10.4. The van der Waals surface area contributed by atoms with Gasteiger partial charge in [0.25, 0.3) is 5.91 Å². The predicted octanol–water partition coefficient (Wildman–Crippen LogP) is 3.10. The lowest BCUT2D eigenvalue weighted by Gasteiger charge is -2.37. The number of rotatable bonds is 13. The maximum Gasteiger partial charge on any atom is 0.408 e. The Morgan fingerprint density at radius 2 is 1.54 bits per heavy atom. The average Bonchev–Trinajstić information content (AvgIpc) is 3.74. The van der Waals surface area contributed by atoms with E-state index in [0.717, 1.165) is 19.3 Å². The molecule has 2 aliphatic carbocycles. The SMILES string of the molecule is CN(C)C(=O)[C@@H](NC(=O)CNC(=O)C(=O)C(CC1CC1)NC(=O)[C@@H]1[C@H]2CC(C)(C)C[C@H]2CN1C(=O)[C@@H](NC(=O)OC(C)(C)C)C(C)(C)C)c1ccccc1. The Morgan fingerprint density at radius 3 is 2.09 bits per heavy atom. The highest BCUT2D eigenvalue weighted by Crippen LogP contribution is 2.51. The Hall–Kier alpha value is -4.49. The van der Waals surface area contributed by atoms with Gasteiger partial charge in [-0.3, -0.25) is 28.8 Å². The second-order valence-corrected chi connectivity index (χ2v) is 18.3. The number of ether oxygens (including phenoxy) is 1. The number of carbonyl (C=O) groups is 7. The van der Waals surface area contributed by atoms with Crippen LogP contribution in [0.5, 0.6) is 0 Å². The van der Waals surface area contributed by atoms with Crippen LogP contribution in [0.1, 0.15) is 99.1 Å². The summed E-state index contributed by atoms with van der Waals surface area (Å²) < 4.78 is 5.47. The normalized spacial score (nSPS) is 22.2. The van der Waals surface area contributed by atoms with Gasteiger partial charge in [0.15, 0.2) is 0 Å². The van der Waals surface area contributed by atoms with Crippen LogP contribution in [-0.4, -0.2) is 102 Å². The molecule has 4 rings (SSSR count). The summed E-state index contributed by atoms with van der Waals surface area (Å²) in [7, 11) is 3.13. The van der Waals surface area contributed by atoms with Gasteiger partial charge in [-0.15, -0.1) is 0 Å². The van der Waals surface area contributed by atoms with Crippen molar-refractivity contribution in [2.24, 2.45) is 28.6 Å². The number of nitrogens with one attached hydrogen (secondary N) is 4. The third-order valence-corrected chi connectivity index (χ3v) is 10.4. The summed E-state index contributed by atoms with van der Waals surface area (Å²) in [6.07, 6.45) is 2.67. The lowest BCUT2D eigenvalue weighted by molar-refractivity contribution is -0.145. The topological polar surface area (TPSA) is 183 Å². The van der Waals surface area contributed by atoms with Gasteiger partial charge in [0.05, 0.1) is 12.6 Å². The largest absolute Gasteiger partial charge is 0.444 e. The van der Waals surface area contributed by atoms with Crippen LogP contribution in [0.3, 0.4) is 0 Å². The quantitative estimate of drug-likeness (QED) is 0.222. The number of amides is 6. The van der Waals surface area contributed by atoms with E-state index in [1.165, 1.54) is 9.80 Å². The number of hydrogen-bond donors (Lipinski definition) is 4. The van der Waals surface area contributed by atoms with E-state index in [1.54, 1.807) is 65.2 Å². The van der Waals surface area contributed by atoms with E-state index in [-0.39, 0.29) is 35.5 Å². The smallest absolute Gasteiger partial charge is 0.408 e. The summed E-state index contributed by atoms with van der Waals surface area (Å²) >= 11 is 0. The second-order valence-electron chi connectivity index (χ2n) is 18.3. The average molecular weight is 753 g/mol. The van der Waals surface area contributed by atoms with Crippen LogP contribution in [0.2, 0.25) is 0 Å². The zero-order valence-electron chi connectivity index (χ0n) is 33.5. The molecular weight excluding hydrogens is 692 g/mol. The van der Waals surface area contributed by atoms with Gasteiger partial charge in [-0.05, 0) is 74.2 Å². The molecule has 1 saturated heterocycles. The summed E-state index contributed by atoms with van der Waals surface area (Å²) in [6.45, 7) is 14.7. The number of likely N-dealkylation sites (N-methyl/N-ethyl adjacent to an activating group) is 1. The highest BCUT2D eigenvalue weighted by atomic mass is 16.6. The molecule has 0 bridgehead atoms. The maximum absolute atomic E-state index is 14.4. The van der Waals surface area contributed by atoms with E-state index in [0.29, 0.717) is 18.5 Å². The molecule has 54 heavy (non-hydrogen) atoms. The minimum absolute atomic E-state index is 0.0281. The van der Waals surface area contributed by atoms with Crippen LogP contribution in [0.15, 0.2) is 30.3 Å². The van der Waals surface area contributed by atoms with Crippen molar-refractivity contribution in [3.63, 3.8) is 0 Å². The van der Waals surface area contributed by atoms with E-state index in [9.17, 15) is 33.6 Å². The molecule has 1 unspecified atom stereocenters. The van der Waals surface area contributed by atoms with Crippen molar-refractivity contribution in [2.75, 3.05) is 27.2 Å². The number of nitrogens with zero attached hydrogens (tertiary/aromatic N) is 2. The number of hydrogen-bond acceptors (Lipinski definition) is 8. The molecule has 14 heteroatoms. The Labute approximate surface area is 319 Å².